The third-order valence-corrected chi connectivity index (χ3v) is 5.11. The summed E-state index contributed by atoms with van der Waals surface area (Å²) >= 11 is 0. The molecule has 1 amide bonds. The van der Waals surface area contributed by atoms with Gasteiger partial charge < -0.3 is 20.0 Å². The van der Waals surface area contributed by atoms with Crippen LogP contribution < -0.4 is 16.4 Å². The van der Waals surface area contributed by atoms with Crippen LogP contribution in [0.15, 0.2) is 33.5 Å². The van der Waals surface area contributed by atoms with E-state index in [1.54, 1.807) is 31.2 Å². The highest BCUT2D eigenvalue weighted by molar-refractivity contribution is 5.91. The number of hydrogen-bond donors (Lipinski definition) is 2. The first-order valence-electron chi connectivity index (χ1n) is 9.58. The molecule has 1 aromatic carbocycles. The monoisotopic (exact) mass is 383 g/mol. The molecule has 1 aliphatic rings. The molecule has 8 heteroatoms. The van der Waals surface area contributed by atoms with Gasteiger partial charge in [0.25, 0.3) is 0 Å². The van der Waals surface area contributed by atoms with Crippen molar-refractivity contribution in [1.29, 1.82) is 5.26 Å². The lowest BCUT2D eigenvalue weighted by atomic mass is 9.88. The van der Waals surface area contributed by atoms with Gasteiger partial charge in [-0.05, 0) is 44.9 Å². The summed E-state index contributed by atoms with van der Waals surface area (Å²) in [5, 5.41) is 16.2. The zero-order chi connectivity index (χ0) is 20.1. The molecule has 1 fully saturated rings. The fraction of sp³-hybridized carbons (Fsp3) is 0.500. The number of anilines is 1. The molecular formula is C20H25N5O3. The highest BCUT2D eigenvalue weighted by Gasteiger charge is 2.37. The number of amides is 1. The van der Waals surface area contributed by atoms with Gasteiger partial charge in [-0.3, -0.25) is 4.79 Å². The number of fused-ring (bicyclic) bond motifs is 1. The van der Waals surface area contributed by atoms with Crippen LogP contribution >= 0.6 is 0 Å². The number of aromatic nitrogens is 1. The molecule has 0 radical (unpaired) electrons. The highest BCUT2D eigenvalue weighted by Crippen LogP contribution is 2.23. The van der Waals surface area contributed by atoms with E-state index in [1.165, 1.54) is 0 Å². The first kappa shape index (κ1) is 19.8. The number of hydrogen-bond acceptors (Lipinski definition) is 7. The average Bonchev–Trinajstić information content (AvgIpc) is 2.69. The maximum Gasteiger partial charge on any atom is 0.441 e. The van der Waals surface area contributed by atoms with E-state index in [4.69, 9.17) is 4.42 Å². The van der Waals surface area contributed by atoms with E-state index in [0.29, 0.717) is 29.6 Å². The molecule has 1 aromatic heterocycles. The van der Waals surface area contributed by atoms with Gasteiger partial charge in [0, 0.05) is 13.1 Å². The fourth-order valence-corrected chi connectivity index (χ4v) is 3.48. The minimum absolute atomic E-state index is 0.290. The summed E-state index contributed by atoms with van der Waals surface area (Å²) < 4.78 is 5.07. The lowest BCUT2D eigenvalue weighted by Gasteiger charge is -2.38. The van der Waals surface area contributed by atoms with Gasteiger partial charge in [0.1, 0.15) is 23.0 Å². The van der Waals surface area contributed by atoms with Crippen molar-refractivity contribution in [2.45, 2.75) is 44.7 Å². The van der Waals surface area contributed by atoms with Gasteiger partial charge in [-0.15, -0.1) is 0 Å². The number of carbonyl (C=O) groups is 1. The van der Waals surface area contributed by atoms with Crippen LogP contribution in [0.2, 0.25) is 0 Å². The molecule has 0 unspecified atom stereocenters. The largest absolute Gasteiger partial charge is 0.441 e. The molecule has 0 saturated carbocycles. The molecule has 2 heterocycles. The first-order chi connectivity index (χ1) is 13.5. The van der Waals surface area contributed by atoms with Crippen molar-refractivity contribution in [1.82, 2.24) is 15.2 Å². The molecule has 2 N–H and O–H groups in total. The number of nitrogens with zero attached hydrogens (tertiary/aromatic N) is 3. The summed E-state index contributed by atoms with van der Waals surface area (Å²) in [4.78, 5) is 30.6. The third kappa shape index (κ3) is 4.31. The van der Waals surface area contributed by atoms with E-state index in [9.17, 15) is 14.9 Å². The molecule has 28 heavy (non-hydrogen) atoms. The number of para-hydroxylation sites is 1. The quantitative estimate of drug-likeness (QED) is 0.783. The normalized spacial score (nSPS) is 17.6. The predicted molar refractivity (Wildman–Crippen MR) is 106 cm³/mol. The Morgan fingerprint density at radius 3 is 2.79 bits per heavy atom. The molecule has 8 nitrogen and oxygen atoms in total. The van der Waals surface area contributed by atoms with Crippen molar-refractivity contribution < 1.29 is 9.21 Å². The number of piperidine rings is 1. The van der Waals surface area contributed by atoms with E-state index < -0.39 is 17.3 Å². The molecular weight excluding hydrogens is 358 g/mol. The number of nitrogens with one attached hydrogen (secondary N) is 2. The van der Waals surface area contributed by atoms with Gasteiger partial charge in [0.2, 0.25) is 5.91 Å². The Morgan fingerprint density at radius 2 is 2.11 bits per heavy atom. The van der Waals surface area contributed by atoms with Crippen LogP contribution in [0.5, 0.6) is 0 Å². The van der Waals surface area contributed by atoms with Crippen LogP contribution in [0.25, 0.3) is 11.0 Å². The molecule has 1 aliphatic heterocycles. The standard InChI is InChI=1S/C20H25N5O3/c1-3-10-25-11-8-20(13-21,9-12-25)24-18(26)14(2)22-17-15-6-4-5-7-16(15)28-19(27)23-17/h4-7,14H,3,8-12H2,1-2H3,(H,24,26)(H,22,23,27)/t14-/m1/s1. The Bertz CT molecular complexity index is 941. The van der Waals surface area contributed by atoms with Crippen molar-refractivity contribution in [2.75, 3.05) is 25.0 Å². The summed E-state index contributed by atoms with van der Waals surface area (Å²) in [6, 6.07) is 8.62. The SMILES string of the molecule is CCCN1CCC(C#N)(NC(=O)[C@@H](C)Nc2nc(=O)oc3ccccc23)CC1. The third-order valence-electron chi connectivity index (χ3n) is 5.11. The van der Waals surface area contributed by atoms with E-state index in [1.807, 2.05) is 0 Å². The number of nitriles is 1. The van der Waals surface area contributed by atoms with Crippen molar-refractivity contribution in [3.8, 4) is 6.07 Å². The second-order valence-electron chi connectivity index (χ2n) is 7.22. The van der Waals surface area contributed by atoms with Gasteiger partial charge in [0.05, 0.1) is 11.5 Å². The number of carbonyl (C=O) groups excluding carboxylic acids is 1. The van der Waals surface area contributed by atoms with Crippen LogP contribution in [-0.4, -0.2) is 47.0 Å². The molecule has 1 atom stereocenters. The Labute approximate surface area is 163 Å². The van der Waals surface area contributed by atoms with Crippen molar-refractivity contribution >= 4 is 22.7 Å². The Kier molecular flexibility index (Phi) is 5.95. The lowest BCUT2D eigenvalue weighted by molar-refractivity contribution is -0.123. The van der Waals surface area contributed by atoms with Crippen LogP contribution in [0.3, 0.4) is 0 Å². The second kappa shape index (κ2) is 8.40. The summed E-state index contributed by atoms with van der Waals surface area (Å²) in [7, 11) is 0. The van der Waals surface area contributed by atoms with Gasteiger partial charge in [0.15, 0.2) is 0 Å². The molecule has 2 aromatic rings. The summed E-state index contributed by atoms with van der Waals surface area (Å²) in [5.41, 5.74) is -0.461. The highest BCUT2D eigenvalue weighted by atomic mass is 16.4. The van der Waals surface area contributed by atoms with Crippen molar-refractivity contribution in [3.63, 3.8) is 0 Å². The van der Waals surface area contributed by atoms with Crippen LogP contribution in [0.4, 0.5) is 5.82 Å². The maximum atomic E-state index is 12.7. The Hall–Kier alpha value is -2.92. The minimum atomic E-state index is -0.859. The summed E-state index contributed by atoms with van der Waals surface area (Å²) in [5.74, 6) is -0.742. The van der Waals surface area contributed by atoms with Crippen molar-refractivity contribution in [3.05, 3.63) is 34.8 Å². The molecule has 3 rings (SSSR count). The summed E-state index contributed by atoms with van der Waals surface area (Å²) in [6.07, 6.45) is 2.26. The van der Waals surface area contributed by atoms with Gasteiger partial charge >= 0.3 is 5.76 Å². The first-order valence-corrected chi connectivity index (χ1v) is 9.58. The molecule has 0 bridgehead atoms. The molecule has 1 saturated heterocycles. The predicted octanol–water partition coefficient (Wildman–Crippen LogP) is 1.87. The van der Waals surface area contributed by atoms with E-state index in [-0.39, 0.29) is 5.91 Å². The van der Waals surface area contributed by atoms with Gasteiger partial charge in [-0.25, -0.2) is 4.79 Å². The van der Waals surface area contributed by atoms with E-state index in [0.717, 1.165) is 26.1 Å². The second-order valence-corrected chi connectivity index (χ2v) is 7.22. The number of benzene rings is 1. The zero-order valence-electron chi connectivity index (χ0n) is 16.2. The maximum absolute atomic E-state index is 12.7. The van der Waals surface area contributed by atoms with E-state index in [2.05, 4.69) is 33.5 Å². The minimum Gasteiger partial charge on any atom is -0.408 e. The Morgan fingerprint density at radius 1 is 1.39 bits per heavy atom. The summed E-state index contributed by atoms with van der Waals surface area (Å²) in [6.45, 7) is 6.38. The van der Waals surface area contributed by atoms with Gasteiger partial charge in [-0.1, -0.05) is 19.1 Å². The zero-order valence-corrected chi connectivity index (χ0v) is 16.2. The van der Waals surface area contributed by atoms with Crippen LogP contribution in [-0.2, 0) is 4.79 Å². The fourth-order valence-electron chi connectivity index (χ4n) is 3.48. The smallest absolute Gasteiger partial charge is 0.408 e. The number of rotatable bonds is 6. The van der Waals surface area contributed by atoms with Crippen LogP contribution in [0.1, 0.15) is 33.1 Å². The lowest BCUT2D eigenvalue weighted by Crippen LogP contribution is -2.57. The average molecular weight is 383 g/mol. The number of likely N-dealkylation sites (tertiary alicyclic amines) is 1. The van der Waals surface area contributed by atoms with Crippen LogP contribution in [0, 0.1) is 11.3 Å². The molecule has 148 valence electrons. The Balaban J connectivity index is 1.70. The molecule has 0 spiro atoms. The topological polar surface area (TPSA) is 111 Å². The van der Waals surface area contributed by atoms with E-state index >= 15 is 0 Å². The van der Waals surface area contributed by atoms with Gasteiger partial charge in [-0.2, -0.15) is 10.2 Å². The molecule has 0 aliphatic carbocycles. The van der Waals surface area contributed by atoms with Crippen molar-refractivity contribution in [2.24, 2.45) is 0 Å².